The van der Waals surface area contributed by atoms with E-state index in [1.807, 2.05) is 18.2 Å². The predicted molar refractivity (Wildman–Crippen MR) is 182 cm³/mol. The Balaban J connectivity index is 1.54. The van der Waals surface area contributed by atoms with Crippen molar-refractivity contribution in [2.45, 2.75) is 6.92 Å². The molecule has 0 heteroatoms. The molecule has 0 amide bonds. The second-order valence-electron chi connectivity index (χ2n) is 10.2. The van der Waals surface area contributed by atoms with Crippen LogP contribution >= 0.6 is 0 Å². The van der Waals surface area contributed by atoms with Crippen LogP contribution in [0.5, 0.6) is 0 Å². The van der Waals surface area contributed by atoms with E-state index in [2.05, 4.69) is 142 Å². The third-order valence-corrected chi connectivity index (χ3v) is 7.94. The predicted octanol–water partition coefficient (Wildman–Crippen LogP) is 11.8. The van der Waals surface area contributed by atoms with Crippen molar-refractivity contribution in [1.29, 1.82) is 0 Å². The lowest BCUT2D eigenvalue weighted by atomic mass is 9.89. The van der Waals surface area contributed by atoms with Crippen molar-refractivity contribution in [2.75, 3.05) is 0 Å². The Morgan fingerprint density at radius 1 is 0.463 bits per heavy atom. The molecule has 6 rings (SSSR count). The van der Waals surface area contributed by atoms with Crippen molar-refractivity contribution in [3.63, 3.8) is 0 Å². The Bertz CT molecular complexity index is 2020. The fourth-order valence-electron chi connectivity index (χ4n) is 5.88. The van der Waals surface area contributed by atoms with Gasteiger partial charge in [0.2, 0.25) is 0 Å². The quantitative estimate of drug-likeness (QED) is 0.144. The summed E-state index contributed by atoms with van der Waals surface area (Å²) in [5, 5.41) is 7.59. The minimum atomic E-state index is 1.06. The van der Waals surface area contributed by atoms with Crippen molar-refractivity contribution < 1.29 is 0 Å². The van der Waals surface area contributed by atoms with Gasteiger partial charge in [0.1, 0.15) is 0 Å². The summed E-state index contributed by atoms with van der Waals surface area (Å²) in [5.74, 6) is 0. The molecule has 0 radical (unpaired) electrons. The highest BCUT2D eigenvalue weighted by Gasteiger charge is 2.12. The zero-order valence-corrected chi connectivity index (χ0v) is 23.4. The van der Waals surface area contributed by atoms with Crippen molar-refractivity contribution in [3.05, 3.63) is 170 Å². The van der Waals surface area contributed by atoms with E-state index in [0.717, 1.165) is 16.7 Å². The van der Waals surface area contributed by atoms with Gasteiger partial charge in [0.15, 0.2) is 0 Å². The lowest BCUT2D eigenvalue weighted by Gasteiger charge is -2.14. The minimum absolute atomic E-state index is 1.06. The van der Waals surface area contributed by atoms with E-state index in [4.69, 9.17) is 0 Å². The second kappa shape index (κ2) is 11.1. The van der Waals surface area contributed by atoms with Gasteiger partial charge in [-0.3, -0.25) is 0 Å². The molecule has 0 aromatic heterocycles. The standard InChI is InChI=1S/C41H32/c1-5-13-29(8-4)31-15-12-17-33(25-31)35-21-23-39-38-22-20-34(32-16-11-14-30(24-32)28(6-2)7-3)26-40(38)36-18-9-10-19-37(36)41(39)27-35/h5-27H,1-2,4H2,3H3/b28-7+,29-13+. The minimum Gasteiger partial charge on any atom is -0.0990 e. The SMILES string of the molecule is C=C/C=C(\C=C)c1cccc(-c2ccc3c4ccc(-c5cccc(/C(C=C)=C/C)c5)cc4c4ccccc4c3c2)c1. The molecule has 0 N–H and O–H groups in total. The summed E-state index contributed by atoms with van der Waals surface area (Å²) in [6, 6.07) is 39.9. The highest BCUT2D eigenvalue weighted by Crippen LogP contribution is 2.39. The molecule has 0 heterocycles. The van der Waals surface area contributed by atoms with Crippen molar-refractivity contribution in [2.24, 2.45) is 0 Å². The molecule has 0 atom stereocenters. The van der Waals surface area contributed by atoms with E-state index >= 15 is 0 Å². The Morgan fingerprint density at radius 2 is 0.927 bits per heavy atom. The van der Waals surface area contributed by atoms with Crippen LogP contribution in [0.2, 0.25) is 0 Å². The number of allylic oxidation sites excluding steroid dienone is 7. The van der Waals surface area contributed by atoms with Crippen LogP contribution < -0.4 is 0 Å². The van der Waals surface area contributed by atoms with Gasteiger partial charge in [-0.25, -0.2) is 0 Å². The van der Waals surface area contributed by atoms with E-state index < -0.39 is 0 Å². The van der Waals surface area contributed by atoms with Crippen LogP contribution in [0.15, 0.2) is 159 Å². The maximum absolute atomic E-state index is 3.99. The largest absolute Gasteiger partial charge is 0.0990 e. The van der Waals surface area contributed by atoms with Crippen molar-refractivity contribution in [1.82, 2.24) is 0 Å². The van der Waals surface area contributed by atoms with Crippen molar-refractivity contribution >= 4 is 43.5 Å². The Labute approximate surface area is 242 Å². The average molecular weight is 525 g/mol. The second-order valence-corrected chi connectivity index (χ2v) is 10.2. The van der Waals surface area contributed by atoms with Gasteiger partial charge in [0.05, 0.1) is 0 Å². The third-order valence-electron chi connectivity index (χ3n) is 7.94. The summed E-state index contributed by atoms with van der Waals surface area (Å²) in [5.41, 5.74) is 9.31. The van der Waals surface area contributed by atoms with Gasteiger partial charge in [-0.1, -0.05) is 135 Å². The Hall–Kier alpha value is -5.20. The van der Waals surface area contributed by atoms with Crippen LogP contribution in [0.1, 0.15) is 18.1 Å². The number of fused-ring (bicyclic) bond motifs is 6. The topological polar surface area (TPSA) is 0 Å². The van der Waals surface area contributed by atoms with Gasteiger partial charge < -0.3 is 0 Å². The first-order valence-corrected chi connectivity index (χ1v) is 14.0. The van der Waals surface area contributed by atoms with Crippen LogP contribution in [-0.2, 0) is 0 Å². The highest BCUT2D eigenvalue weighted by molar-refractivity contribution is 6.26. The Kier molecular flexibility index (Phi) is 7.06. The number of hydrogen-bond acceptors (Lipinski definition) is 0. The van der Waals surface area contributed by atoms with Gasteiger partial charge >= 0.3 is 0 Å². The summed E-state index contributed by atoms with van der Waals surface area (Å²) in [4.78, 5) is 0. The van der Waals surface area contributed by atoms with Crippen molar-refractivity contribution in [3.8, 4) is 22.3 Å². The van der Waals surface area contributed by atoms with Crippen LogP contribution in [0.25, 0.3) is 65.7 Å². The third kappa shape index (κ3) is 4.75. The van der Waals surface area contributed by atoms with Gasteiger partial charge in [-0.05, 0) is 108 Å². The van der Waals surface area contributed by atoms with Crippen LogP contribution in [0.3, 0.4) is 0 Å². The molecule has 0 fully saturated rings. The van der Waals surface area contributed by atoms with E-state index in [9.17, 15) is 0 Å². The molecule has 0 bridgehead atoms. The fourth-order valence-corrected chi connectivity index (χ4v) is 5.88. The molecule has 0 aliphatic heterocycles. The average Bonchev–Trinajstić information content (AvgIpc) is 3.04. The molecule has 196 valence electrons. The van der Waals surface area contributed by atoms with E-state index in [-0.39, 0.29) is 0 Å². The van der Waals surface area contributed by atoms with Crippen LogP contribution in [0, 0.1) is 0 Å². The summed E-state index contributed by atoms with van der Waals surface area (Å²) in [7, 11) is 0. The molecule has 41 heavy (non-hydrogen) atoms. The molecular weight excluding hydrogens is 492 g/mol. The van der Waals surface area contributed by atoms with Crippen LogP contribution in [0.4, 0.5) is 0 Å². The van der Waals surface area contributed by atoms with Gasteiger partial charge in [-0.15, -0.1) is 0 Å². The summed E-state index contributed by atoms with van der Waals surface area (Å²) < 4.78 is 0. The zero-order chi connectivity index (χ0) is 28.3. The monoisotopic (exact) mass is 524 g/mol. The highest BCUT2D eigenvalue weighted by atomic mass is 14.2. The molecule has 0 aliphatic carbocycles. The smallest absolute Gasteiger partial charge is 0.00928 e. The first-order valence-electron chi connectivity index (χ1n) is 14.0. The molecule has 0 saturated carbocycles. The maximum Gasteiger partial charge on any atom is -0.00928 e. The molecule has 0 unspecified atom stereocenters. The first kappa shape index (κ1) is 26.0. The number of benzene rings is 6. The Morgan fingerprint density at radius 3 is 1.39 bits per heavy atom. The van der Waals surface area contributed by atoms with Crippen LogP contribution in [-0.4, -0.2) is 0 Å². The summed E-state index contributed by atoms with van der Waals surface area (Å²) >= 11 is 0. The molecule has 0 nitrogen and oxygen atoms in total. The lowest BCUT2D eigenvalue weighted by molar-refractivity contribution is 1.58. The van der Waals surface area contributed by atoms with Gasteiger partial charge in [0, 0.05) is 0 Å². The summed E-state index contributed by atoms with van der Waals surface area (Å²) in [6.45, 7) is 13.9. The summed E-state index contributed by atoms with van der Waals surface area (Å²) in [6.07, 6.45) is 9.70. The molecule has 6 aromatic carbocycles. The molecule has 0 saturated heterocycles. The molecule has 6 aromatic rings. The number of hydrogen-bond donors (Lipinski definition) is 0. The van der Waals surface area contributed by atoms with E-state index in [1.165, 1.54) is 60.1 Å². The molecule has 0 spiro atoms. The molecular formula is C41H32. The van der Waals surface area contributed by atoms with Gasteiger partial charge in [-0.2, -0.15) is 0 Å². The maximum atomic E-state index is 3.99. The zero-order valence-electron chi connectivity index (χ0n) is 23.4. The molecule has 0 aliphatic rings. The van der Waals surface area contributed by atoms with Gasteiger partial charge in [0.25, 0.3) is 0 Å². The normalized spacial score (nSPS) is 12.1. The number of rotatable bonds is 7. The first-order chi connectivity index (χ1) is 20.1. The van der Waals surface area contributed by atoms with E-state index in [1.54, 1.807) is 6.08 Å². The lowest BCUT2D eigenvalue weighted by Crippen LogP contribution is -1.88. The van der Waals surface area contributed by atoms with E-state index in [0.29, 0.717) is 0 Å². The fraction of sp³-hybridized carbons (Fsp3) is 0.0244.